The van der Waals surface area contributed by atoms with Gasteiger partial charge in [0.2, 0.25) is 5.95 Å². The van der Waals surface area contributed by atoms with E-state index in [0.717, 1.165) is 6.07 Å². The zero-order chi connectivity index (χ0) is 18.6. The fourth-order valence-corrected chi connectivity index (χ4v) is 2.20. The second-order valence-electron chi connectivity index (χ2n) is 5.12. The molecule has 1 aromatic heterocycles. The molecule has 0 aliphatic carbocycles. The second-order valence-corrected chi connectivity index (χ2v) is 5.12. The molecule has 0 bridgehead atoms. The lowest BCUT2D eigenvalue weighted by molar-refractivity contribution is -0.136. The first-order valence-electron chi connectivity index (χ1n) is 7.36. The Labute approximate surface area is 146 Å². The number of halogens is 3. The number of benzene rings is 2. The van der Waals surface area contributed by atoms with Crippen LogP contribution in [0.1, 0.15) is 11.1 Å². The van der Waals surface area contributed by atoms with Crippen LogP contribution in [-0.4, -0.2) is 15.2 Å². The van der Waals surface area contributed by atoms with Gasteiger partial charge in [-0.3, -0.25) is 0 Å². The summed E-state index contributed by atoms with van der Waals surface area (Å²) in [4.78, 5) is 4.09. The van der Waals surface area contributed by atoms with Crippen molar-refractivity contribution in [2.45, 2.75) is 6.18 Å². The van der Waals surface area contributed by atoms with Crippen LogP contribution >= 0.6 is 0 Å². The monoisotopic (exact) mass is 356 g/mol. The van der Waals surface area contributed by atoms with Crippen molar-refractivity contribution in [1.29, 1.82) is 5.26 Å². The topological polar surface area (TPSA) is 86.5 Å². The van der Waals surface area contributed by atoms with Crippen LogP contribution in [0.15, 0.2) is 54.7 Å². The lowest BCUT2D eigenvalue weighted by atomic mass is 10.1. The summed E-state index contributed by atoms with van der Waals surface area (Å²) >= 11 is 0. The van der Waals surface area contributed by atoms with Crippen LogP contribution in [-0.2, 0) is 6.18 Å². The van der Waals surface area contributed by atoms with Crippen LogP contribution in [0.2, 0.25) is 0 Å². The molecule has 9 heteroatoms. The minimum atomic E-state index is -4.50. The first-order chi connectivity index (χ1) is 12.5. The molecule has 3 aromatic rings. The summed E-state index contributed by atoms with van der Waals surface area (Å²) in [6, 6.07) is 13.8. The van der Waals surface area contributed by atoms with E-state index in [1.807, 2.05) is 6.07 Å². The molecule has 0 aliphatic rings. The lowest BCUT2D eigenvalue weighted by Gasteiger charge is -2.14. The Morgan fingerprint density at radius 2 is 1.62 bits per heavy atom. The Hall–Kier alpha value is -3.67. The highest BCUT2D eigenvalue weighted by Crippen LogP contribution is 2.35. The van der Waals surface area contributed by atoms with E-state index in [2.05, 4.69) is 25.8 Å². The van der Waals surface area contributed by atoms with Gasteiger partial charge in [0.15, 0.2) is 5.82 Å². The van der Waals surface area contributed by atoms with Crippen molar-refractivity contribution in [1.82, 2.24) is 15.2 Å². The molecule has 0 spiro atoms. The van der Waals surface area contributed by atoms with Crippen LogP contribution in [0.25, 0.3) is 0 Å². The van der Waals surface area contributed by atoms with Crippen LogP contribution in [0.5, 0.6) is 0 Å². The zero-order valence-corrected chi connectivity index (χ0v) is 13.1. The number of aromatic nitrogens is 3. The van der Waals surface area contributed by atoms with Crippen molar-refractivity contribution in [3.63, 3.8) is 0 Å². The summed E-state index contributed by atoms with van der Waals surface area (Å²) in [7, 11) is 0. The molecular weight excluding hydrogens is 345 g/mol. The standard InChI is InChI=1S/C17H11F3N6/c18-17(19,20)12-6-2-4-8-14(12)23-15-10-22-26-16(25-15)24-13-7-3-1-5-11(13)9-21/h1-8,10H,(H2,23,24,25,26). The minimum Gasteiger partial charge on any atom is -0.338 e. The van der Waals surface area contributed by atoms with E-state index in [1.54, 1.807) is 24.3 Å². The van der Waals surface area contributed by atoms with Gasteiger partial charge in [-0.25, -0.2) is 0 Å². The molecule has 2 aromatic carbocycles. The third-order valence-corrected chi connectivity index (χ3v) is 3.35. The van der Waals surface area contributed by atoms with E-state index in [-0.39, 0.29) is 17.5 Å². The van der Waals surface area contributed by atoms with E-state index >= 15 is 0 Å². The van der Waals surface area contributed by atoms with Gasteiger partial charge >= 0.3 is 6.18 Å². The Kier molecular flexibility index (Phi) is 4.66. The summed E-state index contributed by atoms with van der Waals surface area (Å²) in [6.07, 6.45) is -3.30. The number of hydrogen-bond donors (Lipinski definition) is 2. The molecule has 0 saturated heterocycles. The van der Waals surface area contributed by atoms with Crippen LogP contribution in [0, 0.1) is 11.3 Å². The van der Waals surface area contributed by atoms with E-state index in [1.165, 1.54) is 24.4 Å². The van der Waals surface area contributed by atoms with Crippen molar-refractivity contribution in [2.75, 3.05) is 10.6 Å². The number of nitrogens with one attached hydrogen (secondary N) is 2. The first-order valence-corrected chi connectivity index (χ1v) is 7.36. The Morgan fingerprint density at radius 1 is 0.923 bits per heavy atom. The van der Waals surface area contributed by atoms with Crippen molar-refractivity contribution in [2.24, 2.45) is 0 Å². The molecule has 6 nitrogen and oxygen atoms in total. The number of alkyl halides is 3. The summed E-state index contributed by atoms with van der Waals surface area (Å²) < 4.78 is 39.2. The normalized spacial score (nSPS) is 10.8. The Bertz CT molecular complexity index is 965. The summed E-state index contributed by atoms with van der Waals surface area (Å²) in [5.41, 5.74) is -0.131. The summed E-state index contributed by atoms with van der Waals surface area (Å²) in [6.45, 7) is 0. The molecule has 26 heavy (non-hydrogen) atoms. The highest BCUT2D eigenvalue weighted by molar-refractivity contribution is 5.65. The Morgan fingerprint density at radius 3 is 2.35 bits per heavy atom. The van der Waals surface area contributed by atoms with E-state index < -0.39 is 11.7 Å². The molecule has 0 radical (unpaired) electrons. The molecule has 0 saturated carbocycles. The predicted octanol–water partition coefficient (Wildman–Crippen LogP) is 4.25. The minimum absolute atomic E-state index is 0.0437. The van der Waals surface area contributed by atoms with Crippen LogP contribution in [0.4, 0.5) is 36.3 Å². The molecule has 1 heterocycles. The second kappa shape index (κ2) is 7.06. The molecule has 130 valence electrons. The predicted molar refractivity (Wildman–Crippen MR) is 89.0 cm³/mol. The number of rotatable bonds is 4. The summed E-state index contributed by atoms with van der Waals surface area (Å²) in [5.74, 6) is 0.121. The first kappa shape index (κ1) is 17.2. The third kappa shape index (κ3) is 3.87. The van der Waals surface area contributed by atoms with Crippen LogP contribution in [0.3, 0.4) is 0 Å². The zero-order valence-electron chi connectivity index (χ0n) is 13.1. The van der Waals surface area contributed by atoms with Crippen molar-refractivity contribution >= 4 is 23.1 Å². The van der Waals surface area contributed by atoms with Crippen molar-refractivity contribution in [3.8, 4) is 6.07 Å². The fraction of sp³-hybridized carbons (Fsp3) is 0.0588. The number of nitrogens with zero attached hydrogens (tertiary/aromatic N) is 4. The maximum Gasteiger partial charge on any atom is 0.418 e. The van der Waals surface area contributed by atoms with Crippen LogP contribution < -0.4 is 10.6 Å². The number of hydrogen-bond acceptors (Lipinski definition) is 6. The van der Waals surface area contributed by atoms with E-state index in [9.17, 15) is 13.2 Å². The SMILES string of the molecule is N#Cc1ccccc1Nc1nncc(Nc2ccccc2C(F)(F)F)n1. The van der Waals surface area contributed by atoms with Crippen molar-refractivity contribution < 1.29 is 13.2 Å². The molecule has 0 fully saturated rings. The average Bonchev–Trinajstić information content (AvgIpc) is 2.62. The number of nitriles is 1. The van der Waals surface area contributed by atoms with E-state index in [4.69, 9.17) is 5.26 Å². The maximum absolute atomic E-state index is 13.1. The summed E-state index contributed by atoms with van der Waals surface area (Å²) in [5, 5.41) is 22.0. The van der Waals surface area contributed by atoms with E-state index in [0.29, 0.717) is 11.3 Å². The van der Waals surface area contributed by atoms with Gasteiger partial charge in [0, 0.05) is 0 Å². The van der Waals surface area contributed by atoms with Gasteiger partial charge in [0.25, 0.3) is 0 Å². The number of anilines is 4. The maximum atomic E-state index is 13.1. The average molecular weight is 356 g/mol. The van der Waals surface area contributed by atoms with Crippen molar-refractivity contribution in [3.05, 3.63) is 65.9 Å². The van der Waals surface area contributed by atoms with Gasteiger partial charge in [0.05, 0.1) is 28.7 Å². The molecule has 3 rings (SSSR count). The highest BCUT2D eigenvalue weighted by atomic mass is 19.4. The van der Waals surface area contributed by atoms with Gasteiger partial charge in [-0.05, 0) is 24.3 Å². The quantitative estimate of drug-likeness (QED) is 0.727. The Balaban J connectivity index is 1.86. The highest BCUT2D eigenvalue weighted by Gasteiger charge is 2.33. The van der Waals surface area contributed by atoms with Gasteiger partial charge in [-0.15, -0.1) is 5.10 Å². The largest absolute Gasteiger partial charge is 0.418 e. The van der Waals surface area contributed by atoms with Gasteiger partial charge in [-0.1, -0.05) is 24.3 Å². The molecular formula is C17H11F3N6. The molecule has 0 unspecified atom stereocenters. The molecule has 2 N–H and O–H groups in total. The fourth-order valence-electron chi connectivity index (χ4n) is 2.20. The number of para-hydroxylation sites is 2. The molecule has 0 atom stereocenters. The third-order valence-electron chi connectivity index (χ3n) is 3.35. The smallest absolute Gasteiger partial charge is 0.338 e. The lowest BCUT2D eigenvalue weighted by Crippen LogP contribution is -2.09. The molecule has 0 amide bonds. The molecule has 0 aliphatic heterocycles. The van der Waals surface area contributed by atoms with Gasteiger partial charge in [0.1, 0.15) is 6.07 Å². The van der Waals surface area contributed by atoms with Gasteiger partial charge in [-0.2, -0.15) is 28.5 Å². The van der Waals surface area contributed by atoms with Gasteiger partial charge < -0.3 is 10.6 Å².